The van der Waals surface area contributed by atoms with E-state index in [4.69, 9.17) is 4.74 Å². The summed E-state index contributed by atoms with van der Waals surface area (Å²) in [5, 5.41) is 13.3. The molecule has 22 heavy (non-hydrogen) atoms. The van der Waals surface area contributed by atoms with Crippen molar-refractivity contribution in [3.63, 3.8) is 0 Å². The smallest absolute Gasteiger partial charge is 0.407 e. The van der Waals surface area contributed by atoms with Crippen LogP contribution in [0, 0.1) is 0 Å². The highest BCUT2D eigenvalue weighted by Gasteiger charge is 2.46. The normalized spacial score (nSPS) is 19.1. The molecule has 1 aromatic carbocycles. The fourth-order valence-corrected chi connectivity index (χ4v) is 2.57. The Balaban J connectivity index is 1.80. The Bertz CT molecular complexity index is 504. The van der Waals surface area contributed by atoms with E-state index in [0.717, 1.165) is 6.54 Å². The zero-order valence-electron chi connectivity index (χ0n) is 13.8. The van der Waals surface area contributed by atoms with Gasteiger partial charge >= 0.3 is 6.09 Å². The molecule has 1 unspecified atom stereocenters. The van der Waals surface area contributed by atoms with Crippen LogP contribution in [0.2, 0.25) is 0 Å². The SMILES string of the molecule is CC(NC(=O)OC(C)(C)C)C1(O)CN(Cc2ccccc2)C1. The first-order valence-electron chi connectivity index (χ1n) is 7.66. The van der Waals surface area contributed by atoms with Crippen molar-refractivity contribution in [3.05, 3.63) is 35.9 Å². The lowest BCUT2D eigenvalue weighted by atomic mass is 9.86. The van der Waals surface area contributed by atoms with Crippen molar-refractivity contribution < 1.29 is 14.6 Å². The van der Waals surface area contributed by atoms with E-state index in [9.17, 15) is 9.90 Å². The molecule has 1 aliphatic heterocycles. The Morgan fingerprint density at radius 1 is 1.36 bits per heavy atom. The lowest BCUT2D eigenvalue weighted by Gasteiger charge is -2.49. The summed E-state index contributed by atoms with van der Waals surface area (Å²) in [5.74, 6) is 0. The molecule has 1 saturated heterocycles. The molecule has 2 rings (SSSR count). The molecule has 0 aliphatic carbocycles. The topological polar surface area (TPSA) is 61.8 Å². The van der Waals surface area contributed by atoms with Crippen LogP contribution in [0.15, 0.2) is 30.3 Å². The maximum Gasteiger partial charge on any atom is 0.407 e. The minimum Gasteiger partial charge on any atom is -0.444 e. The highest BCUT2D eigenvalue weighted by Crippen LogP contribution is 2.26. The second-order valence-corrected chi connectivity index (χ2v) is 7.10. The third kappa shape index (κ3) is 4.45. The summed E-state index contributed by atoms with van der Waals surface area (Å²) in [5.41, 5.74) is -0.214. The molecule has 0 bridgehead atoms. The van der Waals surface area contributed by atoms with Gasteiger partial charge in [-0.3, -0.25) is 4.90 Å². The fourth-order valence-electron chi connectivity index (χ4n) is 2.57. The highest BCUT2D eigenvalue weighted by molar-refractivity contribution is 5.68. The van der Waals surface area contributed by atoms with Gasteiger partial charge in [0.2, 0.25) is 0 Å². The Kier molecular flexibility index (Phi) is 4.78. The van der Waals surface area contributed by atoms with Crippen molar-refractivity contribution in [1.29, 1.82) is 0 Å². The number of alkyl carbamates (subject to hydrolysis) is 1. The monoisotopic (exact) mass is 306 g/mol. The van der Waals surface area contributed by atoms with E-state index < -0.39 is 17.3 Å². The number of carbonyl (C=O) groups excluding carboxylic acids is 1. The molecule has 1 amide bonds. The van der Waals surface area contributed by atoms with Gasteiger partial charge in [-0.25, -0.2) is 4.79 Å². The lowest BCUT2D eigenvalue weighted by Crippen LogP contribution is -2.69. The summed E-state index contributed by atoms with van der Waals surface area (Å²) >= 11 is 0. The molecule has 0 radical (unpaired) electrons. The number of nitrogens with one attached hydrogen (secondary N) is 1. The van der Waals surface area contributed by atoms with Gasteiger partial charge in [0.05, 0.1) is 6.04 Å². The van der Waals surface area contributed by atoms with E-state index in [-0.39, 0.29) is 6.04 Å². The van der Waals surface area contributed by atoms with Crippen LogP contribution in [0.3, 0.4) is 0 Å². The van der Waals surface area contributed by atoms with Gasteiger partial charge in [0, 0.05) is 19.6 Å². The van der Waals surface area contributed by atoms with Gasteiger partial charge in [0.25, 0.3) is 0 Å². The molecule has 0 spiro atoms. The maximum atomic E-state index is 11.8. The van der Waals surface area contributed by atoms with Crippen LogP contribution < -0.4 is 5.32 Å². The van der Waals surface area contributed by atoms with E-state index in [2.05, 4.69) is 22.3 Å². The van der Waals surface area contributed by atoms with Crippen molar-refractivity contribution in [3.8, 4) is 0 Å². The standard InChI is InChI=1S/C17H26N2O3/c1-13(18-15(20)22-16(2,3)4)17(21)11-19(12-17)10-14-8-6-5-7-9-14/h5-9,13,21H,10-12H2,1-4H3,(H,18,20). The molecule has 1 aliphatic rings. The summed E-state index contributed by atoms with van der Waals surface area (Å²) in [6, 6.07) is 9.79. The zero-order valence-corrected chi connectivity index (χ0v) is 13.8. The number of benzene rings is 1. The van der Waals surface area contributed by atoms with Crippen molar-refractivity contribution >= 4 is 6.09 Å². The second kappa shape index (κ2) is 6.26. The number of hydrogen-bond donors (Lipinski definition) is 2. The van der Waals surface area contributed by atoms with Gasteiger partial charge in [0.15, 0.2) is 0 Å². The number of aliphatic hydroxyl groups is 1. The first kappa shape index (κ1) is 16.8. The van der Waals surface area contributed by atoms with Gasteiger partial charge in [0.1, 0.15) is 11.2 Å². The minimum absolute atomic E-state index is 0.352. The lowest BCUT2D eigenvalue weighted by molar-refractivity contribution is -0.120. The molecular weight excluding hydrogens is 280 g/mol. The zero-order chi connectivity index (χ0) is 16.4. The summed E-state index contributed by atoms with van der Waals surface area (Å²) < 4.78 is 5.22. The number of amides is 1. The number of ether oxygens (including phenoxy) is 1. The predicted octanol–water partition coefficient (Wildman–Crippen LogP) is 2.15. The maximum absolute atomic E-state index is 11.8. The van der Waals surface area contributed by atoms with Crippen molar-refractivity contribution in [2.24, 2.45) is 0 Å². The first-order valence-corrected chi connectivity index (χ1v) is 7.66. The van der Waals surface area contributed by atoms with Gasteiger partial charge in [-0.05, 0) is 33.3 Å². The number of rotatable bonds is 4. The average Bonchev–Trinajstić information content (AvgIpc) is 2.35. The third-order valence-electron chi connectivity index (χ3n) is 3.78. The Labute approximate surface area is 132 Å². The number of β-amino-alcohol motifs (C(OH)–C–C–N with tert-alkyl or cyclic N) is 1. The average molecular weight is 306 g/mol. The van der Waals surface area contributed by atoms with E-state index >= 15 is 0 Å². The molecular formula is C17H26N2O3. The predicted molar refractivity (Wildman–Crippen MR) is 85.5 cm³/mol. The number of hydrogen-bond acceptors (Lipinski definition) is 4. The Morgan fingerprint density at radius 2 is 1.95 bits per heavy atom. The summed E-state index contributed by atoms with van der Waals surface area (Å²) in [6.45, 7) is 9.15. The molecule has 0 aromatic heterocycles. The Hall–Kier alpha value is -1.59. The van der Waals surface area contributed by atoms with Crippen molar-refractivity contribution in [1.82, 2.24) is 10.2 Å². The van der Waals surface area contributed by atoms with Gasteiger partial charge < -0.3 is 15.2 Å². The van der Waals surface area contributed by atoms with Crippen LogP contribution in [0.5, 0.6) is 0 Å². The van der Waals surface area contributed by atoms with Crippen LogP contribution in [0.25, 0.3) is 0 Å². The highest BCUT2D eigenvalue weighted by atomic mass is 16.6. The van der Waals surface area contributed by atoms with Crippen molar-refractivity contribution in [2.75, 3.05) is 13.1 Å². The van der Waals surface area contributed by atoms with Gasteiger partial charge in [-0.2, -0.15) is 0 Å². The summed E-state index contributed by atoms with van der Waals surface area (Å²) in [4.78, 5) is 13.9. The molecule has 5 heteroatoms. The van der Waals surface area contributed by atoms with Crippen LogP contribution in [-0.2, 0) is 11.3 Å². The molecule has 1 atom stereocenters. The van der Waals surface area contributed by atoms with Crippen LogP contribution in [0.4, 0.5) is 4.79 Å². The van der Waals surface area contributed by atoms with E-state index in [0.29, 0.717) is 13.1 Å². The summed E-state index contributed by atoms with van der Waals surface area (Å²) in [7, 11) is 0. The molecule has 122 valence electrons. The quantitative estimate of drug-likeness (QED) is 0.895. The first-order chi connectivity index (χ1) is 10.2. The Morgan fingerprint density at radius 3 is 2.50 bits per heavy atom. The summed E-state index contributed by atoms with van der Waals surface area (Å²) in [6.07, 6.45) is -0.491. The van der Waals surface area contributed by atoms with Crippen LogP contribution >= 0.6 is 0 Å². The third-order valence-corrected chi connectivity index (χ3v) is 3.78. The molecule has 1 fully saturated rings. The van der Waals surface area contributed by atoms with E-state index in [1.165, 1.54) is 5.56 Å². The fraction of sp³-hybridized carbons (Fsp3) is 0.588. The number of nitrogens with zero attached hydrogens (tertiary/aromatic N) is 1. The van der Waals surface area contributed by atoms with Gasteiger partial charge in [-0.15, -0.1) is 0 Å². The molecule has 1 aromatic rings. The second-order valence-electron chi connectivity index (χ2n) is 7.10. The van der Waals surface area contributed by atoms with E-state index in [1.54, 1.807) is 0 Å². The molecule has 2 N–H and O–H groups in total. The number of likely N-dealkylation sites (tertiary alicyclic amines) is 1. The minimum atomic E-state index is -0.897. The molecule has 5 nitrogen and oxygen atoms in total. The molecule has 1 heterocycles. The van der Waals surface area contributed by atoms with Crippen molar-refractivity contribution in [2.45, 2.75) is 51.5 Å². The van der Waals surface area contributed by atoms with Crippen LogP contribution in [0.1, 0.15) is 33.3 Å². The van der Waals surface area contributed by atoms with E-state index in [1.807, 2.05) is 45.9 Å². The number of carbonyl (C=O) groups is 1. The largest absolute Gasteiger partial charge is 0.444 e. The van der Waals surface area contributed by atoms with Crippen LogP contribution in [-0.4, -0.2) is 46.4 Å². The van der Waals surface area contributed by atoms with Gasteiger partial charge in [-0.1, -0.05) is 30.3 Å². The molecule has 0 saturated carbocycles.